The number of aryl methyl sites for hydroxylation is 1. The minimum atomic E-state index is 0.347. The van der Waals surface area contributed by atoms with E-state index in [0.29, 0.717) is 5.75 Å². The van der Waals surface area contributed by atoms with E-state index in [1.807, 2.05) is 6.07 Å². The van der Waals surface area contributed by atoms with Crippen LogP contribution < -0.4 is 5.32 Å². The summed E-state index contributed by atoms with van der Waals surface area (Å²) in [6, 6.07) is 25.5. The standard InChI is InChI=1S/C26H27NO/c1-2-27-17-16-19-8-10-21(11-9-19)26-24(20-6-4-3-5-7-20)14-12-22-18-23(28)13-15-25(22)26/h3-11,13,15,18,27-28H,2,12,14,16-17H2,1H3. The molecule has 0 saturated carbocycles. The van der Waals surface area contributed by atoms with Gasteiger partial charge in [0, 0.05) is 0 Å². The summed E-state index contributed by atoms with van der Waals surface area (Å²) in [6.45, 7) is 4.16. The summed E-state index contributed by atoms with van der Waals surface area (Å²) in [5.74, 6) is 0.347. The molecule has 0 spiro atoms. The number of hydrogen-bond acceptors (Lipinski definition) is 2. The van der Waals surface area contributed by atoms with E-state index in [4.69, 9.17) is 0 Å². The number of aromatic hydroxyl groups is 1. The Balaban J connectivity index is 1.78. The zero-order valence-electron chi connectivity index (χ0n) is 16.4. The molecule has 0 atom stereocenters. The monoisotopic (exact) mass is 369 g/mol. The van der Waals surface area contributed by atoms with Crippen LogP contribution in [0.15, 0.2) is 72.8 Å². The number of allylic oxidation sites excluding steroid dienone is 1. The van der Waals surface area contributed by atoms with E-state index in [9.17, 15) is 5.11 Å². The average molecular weight is 370 g/mol. The van der Waals surface area contributed by atoms with Gasteiger partial charge in [0.25, 0.3) is 0 Å². The smallest absolute Gasteiger partial charge is 0.115 e. The molecule has 0 heterocycles. The quantitative estimate of drug-likeness (QED) is 0.566. The van der Waals surface area contributed by atoms with Crippen molar-refractivity contribution in [1.82, 2.24) is 5.32 Å². The largest absolute Gasteiger partial charge is 0.508 e. The first kappa shape index (κ1) is 18.5. The van der Waals surface area contributed by atoms with Crippen LogP contribution in [0.25, 0.3) is 11.1 Å². The van der Waals surface area contributed by atoms with Gasteiger partial charge < -0.3 is 10.4 Å². The Labute approximate surface area is 167 Å². The van der Waals surface area contributed by atoms with Crippen molar-refractivity contribution in [2.24, 2.45) is 0 Å². The first-order valence-electron chi connectivity index (χ1n) is 10.2. The summed E-state index contributed by atoms with van der Waals surface area (Å²) in [6.07, 6.45) is 2.99. The highest BCUT2D eigenvalue weighted by Crippen LogP contribution is 2.41. The number of benzene rings is 3. The topological polar surface area (TPSA) is 32.3 Å². The summed E-state index contributed by atoms with van der Waals surface area (Å²) in [5.41, 5.74) is 9.04. The Hall–Kier alpha value is -2.84. The summed E-state index contributed by atoms with van der Waals surface area (Å²) >= 11 is 0. The van der Waals surface area contributed by atoms with Gasteiger partial charge in [0.05, 0.1) is 0 Å². The normalized spacial score (nSPS) is 13.5. The van der Waals surface area contributed by atoms with Gasteiger partial charge in [-0.2, -0.15) is 0 Å². The van der Waals surface area contributed by atoms with Crippen molar-refractivity contribution in [2.45, 2.75) is 26.2 Å². The molecular formula is C26H27NO. The number of hydrogen-bond donors (Lipinski definition) is 2. The lowest BCUT2D eigenvalue weighted by atomic mass is 9.79. The predicted octanol–water partition coefficient (Wildman–Crippen LogP) is 5.45. The van der Waals surface area contributed by atoms with Crippen molar-refractivity contribution < 1.29 is 5.11 Å². The van der Waals surface area contributed by atoms with Crippen LogP contribution in [0.4, 0.5) is 0 Å². The summed E-state index contributed by atoms with van der Waals surface area (Å²) < 4.78 is 0. The molecule has 0 radical (unpaired) electrons. The van der Waals surface area contributed by atoms with Gasteiger partial charge in [-0.25, -0.2) is 0 Å². The highest BCUT2D eigenvalue weighted by molar-refractivity contribution is 6.00. The minimum absolute atomic E-state index is 0.347. The fourth-order valence-corrected chi connectivity index (χ4v) is 4.08. The number of phenols is 1. The van der Waals surface area contributed by atoms with E-state index in [2.05, 4.69) is 72.9 Å². The van der Waals surface area contributed by atoms with Crippen LogP contribution in [0, 0.1) is 0 Å². The van der Waals surface area contributed by atoms with Crippen molar-refractivity contribution >= 4 is 11.1 Å². The molecule has 0 bridgehead atoms. The summed E-state index contributed by atoms with van der Waals surface area (Å²) in [4.78, 5) is 0. The molecule has 2 nitrogen and oxygen atoms in total. The third-order valence-electron chi connectivity index (χ3n) is 5.51. The van der Waals surface area contributed by atoms with Gasteiger partial charge in [-0.05, 0) is 83.4 Å². The van der Waals surface area contributed by atoms with E-state index in [-0.39, 0.29) is 0 Å². The molecule has 0 aliphatic heterocycles. The lowest BCUT2D eigenvalue weighted by Gasteiger charge is -2.25. The maximum Gasteiger partial charge on any atom is 0.115 e. The molecule has 142 valence electrons. The SMILES string of the molecule is CCNCCc1ccc(C2=C(c3ccccc3)CCc3cc(O)ccc32)cc1. The third kappa shape index (κ3) is 3.88. The van der Waals surface area contributed by atoms with Crippen LogP contribution in [-0.4, -0.2) is 18.2 Å². The molecule has 1 aliphatic carbocycles. The molecule has 0 aromatic heterocycles. The second-order valence-electron chi connectivity index (χ2n) is 7.36. The molecule has 0 amide bonds. The van der Waals surface area contributed by atoms with Gasteiger partial charge in [-0.15, -0.1) is 0 Å². The first-order chi connectivity index (χ1) is 13.8. The molecule has 4 rings (SSSR count). The Morgan fingerprint density at radius 3 is 2.39 bits per heavy atom. The van der Waals surface area contributed by atoms with Crippen molar-refractivity contribution in [3.05, 3.63) is 101 Å². The van der Waals surface area contributed by atoms with E-state index < -0.39 is 0 Å². The lowest BCUT2D eigenvalue weighted by molar-refractivity contribution is 0.474. The van der Waals surface area contributed by atoms with Crippen molar-refractivity contribution in [2.75, 3.05) is 13.1 Å². The number of rotatable bonds is 6. The van der Waals surface area contributed by atoms with Gasteiger partial charge in [-0.3, -0.25) is 0 Å². The Bertz CT molecular complexity index is 971. The first-order valence-corrected chi connectivity index (χ1v) is 10.2. The fraction of sp³-hybridized carbons (Fsp3) is 0.231. The van der Waals surface area contributed by atoms with Crippen LogP contribution >= 0.6 is 0 Å². The molecule has 1 aliphatic rings. The Kier molecular flexibility index (Phi) is 5.59. The zero-order chi connectivity index (χ0) is 19.3. The van der Waals surface area contributed by atoms with Gasteiger partial charge >= 0.3 is 0 Å². The van der Waals surface area contributed by atoms with E-state index >= 15 is 0 Å². The summed E-state index contributed by atoms with van der Waals surface area (Å²) in [7, 11) is 0. The number of fused-ring (bicyclic) bond motifs is 1. The maximum atomic E-state index is 9.95. The number of nitrogens with one attached hydrogen (secondary N) is 1. The van der Waals surface area contributed by atoms with Crippen LogP contribution in [0.2, 0.25) is 0 Å². The molecule has 2 heteroatoms. The average Bonchev–Trinajstić information content (AvgIpc) is 2.74. The van der Waals surface area contributed by atoms with Crippen molar-refractivity contribution in [3.63, 3.8) is 0 Å². The minimum Gasteiger partial charge on any atom is -0.508 e. The summed E-state index contributed by atoms with van der Waals surface area (Å²) in [5, 5.41) is 13.3. The van der Waals surface area contributed by atoms with Crippen LogP contribution in [0.5, 0.6) is 5.75 Å². The van der Waals surface area contributed by atoms with Gasteiger partial charge in [0.2, 0.25) is 0 Å². The molecule has 3 aromatic rings. The maximum absolute atomic E-state index is 9.95. The lowest BCUT2D eigenvalue weighted by Crippen LogP contribution is -2.16. The predicted molar refractivity (Wildman–Crippen MR) is 117 cm³/mol. The highest BCUT2D eigenvalue weighted by atomic mass is 16.3. The van der Waals surface area contributed by atoms with Crippen LogP contribution in [-0.2, 0) is 12.8 Å². The molecule has 2 N–H and O–H groups in total. The third-order valence-corrected chi connectivity index (χ3v) is 5.51. The van der Waals surface area contributed by atoms with Crippen LogP contribution in [0.1, 0.15) is 41.2 Å². The molecule has 0 unspecified atom stereocenters. The zero-order valence-corrected chi connectivity index (χ0v) is 16.4. The molecular weight excluding hydrogens is 342 g/mol. The van der Waals surface area contributed by atoms with E-state index in [0.717, 1.165) is 32.4 Å². The Morgan fingerprint density at radius 1 is 0.857 bits per heavy atom. The highest BCUT2D eigenvalue weighted by Gasteiger charge is 2.21. The molecule has 0 fully saturated rings. The van der Waals surface area contributed by atoms with Gasteiger partial charge in [-0.1, -0.05) is 67.6 Å². The van der Waals surface area contributed by atoms with Crippen molar-refractivity contribution in [3.8, 4) is 5.75 Å². The van der Waals surface area contributed by atoms with Crippen molar-refractivity contribution in [1.29, 1.82) is 0 Å². The fourth-order valence-electron chi connectivity index (χ4n) is 4.08. The van der Waals surface area contributed by atoms with Gasteiger partial charge in [0.15, 0.2) is 0 Å². The second kappa shape index (κ2) is 8.45. The number of likely N-dealkylation sites (N-methyl/N-ethyl adjacent to an activating group) is 1. The van der Waals surface area contributed by atoms with Gasteiger partial charge in [0.1, 0.15) is 5.75 Å². The molecule has 28 heavy (non-hydrogen) atoms. The van der Waals surface area contributed by atoms with Crippen LogP contribution in [0.3, 0.4) is 0 Å². The molecule has 3 aromatic carbocycles. The molecule has 0 saturated heterocycles. The Morgan fingerprint density at radius 2 is 1.64 bits per heavy atom. The number of phenolic OH excluding ortho intramolecular Hbond substituents is 1. The van der Waals surface area contributed by atoms with E-state index in [1.165, 1.54) is 39.0 Å². The second-order valence-corrected chi connectivity index (χ2v) is 7.36. The van der Waals surface area contributed by atoms with E-state index in [1.54, 1.807) is 6.07 Å².